The van der Waals surface area contributed by atoms with Crippen LogP contribution in [0.4, 0.5) is 18.9 Å². The molecule has 0 fully saturated rings. The number of anilines is 1. The number of hydrogen-bond acceptors (Lipinski definition) is 5. The molecule has 7 nitrogen and oxygen atoms in total. The maximum absolute atomic E-state index is 12.9. The minimum Gasteiger partial charge on any atom is -0.342 e. The Morgan fingerprint density at radius 3 is 2.56 bits per heavy atom. The van der Waals surface area contributed by atoms with Crippen LogP contribution >= 0.6 is 23.4 Å². The molecule has 0 aliphatic heterocycles. The third-order valence-electron chi connectivity index (χ3n) is 4.89. The van der Waals surface area contributed by atoms with Gasteiger partial charge in [0, 0.05) is 12.6 Å². The predicted molar refractivity (Wildman–Crippen MR) is 124 cm³/mol. The highest BCUT2D eigenvalue weighted by molar-refractivity contribution is 7.99. The van der Waals surface area contributed by atoms with Crippen molar-refractivity contribution in [2.75, 3.05) is 11.1 Å². The second kappa shape index (κ2) is 10.5. The van der Waals surface area contributed by atoms with Crippen LogP contribution in [-0.2, 0) is 18.0 Å². The van der Waals surface area contributed by atoms with Crippen LogP contribution in [0.25, 0.3) is 0 Å². The Morgan fingerprint density at radius 2 is 1.88 bits per heavy atom. The zero-order chi connectivity index (χ0) is 25.0. The molecule has 12 heteroatoms. The van der Waals surface area contributed by atoms with Crippen LogP contribution in [0.2, 0.25) is 5.02 Å². The first kappa shape index (κ1) is 25.6. The second-order valence-corrected chi connectivity index (χ2v) is 8.79. The second-order valence-electron chi connectivity index (χ2n) is 7.44. The number of amides is 2. The van der Waals surface area contributed by atoms with Crippen LogP contribution in [0, 0.1) is 6.92 Å². The summed E-state index contributed by atoms with van der Waals surface area (Å²) in [5.41, 5.74) is 0.345. The van der Waals surface area contributed by atoms with Crippen molar-refractivity contribution < 1.29 is 22.8 Å². The Balaban J connectivity index is 1.62. The molecule has 0 unspecified atom stereocenters. The van der Waals surface area contributed by atoms with E-state index in [9.17, 15) is 22.8 Å². The smallest absolute Gasteiger partial charge is 0.342 e. The lowest BCUT2D eigenvalue weighted by atomic mass is 10.1. The number of aromatic nitrogens is 3. The summed E-state index contributed by atoms with van der Waals surface area (Å²) in [6, 6.07) is 9.43. The van der Waals surface area contributed by atoms with Crippen molar-refractivity contribution in [3.63, 3.8) is 0 Å². The molecule has 2 N–H and O–H groups in total. The zero-order valence-corrected chi connectivity index (χ0v) is 20.0. The van der Waals surface area contributed by atoms with Gasteiger partial charge in [0.1, 0.15) is 0 Å². The maximum atomic E-state index is 12.9. The molecule has 0 saturated carbocycles. The number of nitrogens with zero attached hydrogens (tertiary/aromatic N) is 3. The third kappa shape index (κ3) is 6.09. The SMILES string of the molecule is Cc1ccccc1C(=O)N[C@@H](C)c1nnc(SCC(=O)Nc2cc(C(F)(F)F)ccc2Cl)n1C. The summed E-state index contributed by atoms with van der Waals surface area (Å²) in [4.78, 5) is 24.9. The van der Waals surface area contributed by atoms with Gasteiger partial charge in [-0.2, -0.15) is 13.2 Å². The zero-order valence-electron chi connectivity index (χ0n) is 18.4. The van der Waals surface area contributed by atoms with Gasteiger partial charge in [-0.05, 0) is 43.7 Å². The average molecular weight is 512 g/mol. The highest BCUT2D eigenvalue weighted by Gasteiger charge is 2.31. The molecule has 0 spiro atoms. The lowest BCUT2D eigenvalue weighted by molar-refractivity contribution is -0.137. The lowest BCUT2D eigenvalue weighted by Crippen LogP contribution is -2.29. The maximum Gasteiger partial charge on any atom is 0.416 e. The molecule has 34 heavy (non-hydrogen) atoms. The van der Waals surface area contributed by atoms with Crippen LogP contribution < -0.4 is 10.6 Å². The van der Waals surface area contributed by atoms with Crippen molar-refractivity contribution in [1.82, 2.24) is 20.1 Å². The topological polar surface area (TPSA) is 88.9 Å². The monoisotopic (exact) mass is 511 g/mol. The minimum atomic E-state index is -4.56. The van der Waals surface area contributed by atoms with Gasteiger partial charge in [-0.25, -0.2) is 0 Å². The molecule has 1 aromatic heterocycles. The van der Waals surface area contributed by atoms with Gasteiger partial charge >= 0.3 is 6.18 Å². The number of carbonyl (C=O) groups is 2. The number of rotatable bonds is 7. The fourth-order valence-corrected chi connectivity index (χ4v) is 3.99. The van der Waals surface area contributed by atoms with Gasteiger partial charge in [0.2, 0.25) is 5.91 Å². The number of thioether (sulfide) groups is 1. The molecule has 2 amide bonds. The van der Waals surface area contributed by atoms with Crippen LogP contribution in [-0.4, -0.2) is 32.3 Å². The number of alkyl halides is 3. The van der Waals surface area contributed by atoms with E-state index in [1.54, 1.807) is 30.7 Å². The fraction of sp³-hybridized carbons (Fsp3) is 0.273. The number of carbonyl (C=O) groups excluding carboxylic acids is 2. The molecule has 0 aliphatic rings. The van der Waals surface area contributed by atoms with Gasteiger partial charge in [-0.3, -0.25) is 9.59 Å². The van der Waals surface area contributed by atoms with Gasteiger partial charge in [0.25, 0.3) is 5.91 Å². The molecule has 3 aromatic rings. The molecule has 0 saturated heterocycles. The normalized spacial score (nSPS) is 12.3. The molecule has 3 rings (SSSR count). The third-order valence-corrected chi connectivity index (χ3v) is 6.24. The quantitative estimate of drug-likeness (QED) is 0.435. The Bertz CT molecular complexity index is 1220. The van der Waals surface area contributed by atoms with E-state index >= 15 is 0 Å². The van der Waals surface area contributed by atoms with Gasteiger partial charge in [-0.1, -0.05) is 41.6 Å². The van der Waals surface area contributed by atoms with E-state index in [0.717, 1.165) is 35.5 Å². The van der Waals surface area contributed by atoms with E-state index in [1.807, 2.05) is 19.1 Å². The van der Waals surface area contributed by atoms with Crippen LogP contribution in [0.3, 0.4) is 0 Å². The Kier molecular flexibility index (Phi) is 7.88. The summed E-state index contributed by atoms with van der Waals surface area (Å²) in [6.45, 7) is 3.60. The van der Waals surface area contributed by atoms with E-state index < -0.39 is 23.7 Å². The lowest BCUT2D eigenvalue weighted by Gasteiger charge is -2.14. The standard InChI is InChI=1S/C22H21ClF3N5O2S/c1-12-6-4-5-7-15(12)20(33)27-13(2)19-29-30-21(31(19)3)34-11-18(32)28-17-10-14(22(24,25)26)8-9-16(17)23/h4-10,13H,11H2,1-3H3,(H,27,33)(H,28,32)/t13-/m0/s1. The molecule has 0 radical (unpaired) electrons. The molecule has 0 aliphatic carbocycles. The van der Waals surface area contributed by atoms with Crippen molar-refractivity contribution >= 4 is 40.9 Å². The first-order valence-electron chi connectivity index (χ1n) is 10.0. The number of nitrogens with one attached hydrogen (secondary N) is 2. The average Bonchev–Trinajstić information content (AvgIpc) is 3.13. The number of benzene rings is 2. The highest BCUT2D eigenvalue weighted by Crippen LogP contribution is 2.34. The van der Waals surface area contributed by atoms with Crippen molar-refractivity contribution in [2.24, 2.45) is 7.05 Å². The summed E-state index contributed by atoms with van der Waals surface area (Å²) in [7, 11) is 1.69. The van der Waals surface area contributed by atoms with Crippen molar-refractivity contribution in [2.45, 2.75) is 31.2 Å². The van der Waals surface area contributed by atoms with Crippen LogP contribution in [0.5, 0.6) is 0 Å². The number of hydrogen-bond donors (Lipinski definition) is 2. The Hall–Kier alpha value is -3.05. The van der Waals surface area contributed by atoms with Gasteiger partial charge in [-0.15, -0.1) is 10.2 Å². The van der Waals surface area contributed by atoms with E-state index in [4.69, 9.17) is 11.6 Å². The first-order chi connectivity index (χ1) is 16.0. The van der Waals surface area contributed by atoms with Gasteiger partial charge < -0.3 is 15.2 Å². The first-order valence-corrected chi connectivity index (χ1v) is 11.4. The van der Waals surface area contributed by atoms with Gasteiger partial charge in [0.05, 0.1) is 28.1 Å². The largest absolute Gasteiger partial charge is 0.416 e. The van der Waals surface area contributed by atoms with E-state index in [1.165, 1.54) is 0 Å². The highest BCUT2D eigenvalue weighted by atomic mass is 35.5. The summed E-state index contributed by atoms with van der Waals surface area (Å²) in [5.74, 6) is -0.467. The molecule has 0 bridgehead atoms. The predicted octanol–water partition coefficient (Wildman–Crippen LogP) is 5.02. The number of aryl methyl sites for hydroxylation is 1. The summed E-state index contributed by atoms with van der Waals surface area (Å²) in [5, 5.41) is 13.8. The Labute approximate surface area is 203 Å². The molecule has 2 aromatic carbocycles. The minimum absolute atomic E-state index is 0.00878. The van der Waals surface area contributed by atoms with E-state index in [2.05, 4.69) is 20.8 Å². The molecule has 1 heterocycles. The Morgan fingerprint density at radius 1 is 1.18 bits per heavy atom. The van der Waals surface area contributed by atoms with Crippen LogP contribution in [0.15, 0.2) is 47.6 Å². The summed E-state index contributed by atoms with van der Waals surface area (Å²) >= 11 is 6.96. The molecular formula is C22H21ClF3N5O2S. The van der Waals surface area contributed by atoms with Crippen LogP contribution in [0.1, 0.15) is 40.3 Å². The van der Waals surface area contributed by atoms with Gasteiger partial charge in [0.15, 0.2) is 11.0 Å². The van der Waals surface area contributed by atoms with E-state index in [0.29, 0.717) is 16.5 Å². The van der Waals surface area contributed by atoms with E-state index in [-0.39, 0.29) is 22.4 Å². The summed E-state index contributed by atoms with van der Waals surface area (Å²) in [6.07, 6.45) is -4.56. The molecule has 1 atom stereocenters. The van der Waals surface area contributed by atoms with Crippen molar-refractivity contribution in [3.05, 3.63) is 70.0 Å². The molecular weight excluding hydrogens is 491 g/mol. The van der Waals surface area contributed by atoms with Crippen molar-refractivity contribution in [1.29, 1.82) is 0 Å². The fourth-order valence-electron chi connectivity index (χ4n) is 3.11. The van der Waals surface area contributed by atoms with Crippen molar-refractivity contribution in [3.8, 4) is 0 Å². The molecule has 180 valence electrons. The number of halogens is 4. The summed E-state index contributed by atoms with van der Waals surface area (Å²) < 4.78 is 40.4.